The number of benzene rings is 1. The number of hydrogen-bond donors (Lipinski definition) is 1. The van der Waals surface area contributed by atoms with Gasteiger partial charge in [0.2, 0.25) is 0 Å². The van der Waals surface area contributed by atoms with E-state index < -0.39 is 0 Å². The Labute approximate surface area is 99.7 Å². The predicted molar refractivity (Wildman–Crippen MR) is 64.2 cm³/mol. The average molecular weight is 227 g/mol. The lowest BCUT2D eigenvalue weighted by Gasteiger charge is -2.09. The first-order valence-electron chi connectivity index (χ1n) is 5.29. The van der Waals surface area contributed by atoms with Gasteiger partial charge in [0, 0.05) is 7.05 Å². The molecule has 1 heterocycles. The van der Waals surface area contributed by atoms with Gasteiger partial charge in [-0.2, -0.15) is 5.26 Å². The number of aromatic nitrogens is 3. The second-order valence-corrected chi connectivity index (χ2v) is 3.82. The quantitative estimate of drug-likeness (QED) is 0.865. The Morgan fingerprint density at radius 2 is 2.29 bits per heavy atom. The molecule has 0 aliphatic heterocycles. The number of nitrogens with one attached hydrogen (secondary N) is 1. The highest BCUT2D eigenvalue weighted by Gasteiger charge is 2.06. The zero-order valence-corrected chi connectivity index (χ0v) is 9.81. The second-order valence-electron chi connectivity index (χ2n) is 3.82. The predicted octanol–water partition coefficient (Wildman–Crippen LogP) is 1.61. The molecule has 5 nitrogen and oxygen atoms in total. The van der Waals surface area contributed by atoms with E-state index in [4.69, 9.17) is 5.26 Å². The molecule has 0 radical (unpaired) electrons. The van der Waals surface area contributed by atoms with Crippen molar-refractivity contribution >= 4 is 5.69 Å². The van der Waals surface area contributed by atoms with E-state index >= 15 is 0 Å². The zero-order chi connectivity index (χ0) is 12.3. The number of rotatable bonds is 3. The Hall–Kier alpha value is -2.35. The molecular weight excluding hydrogens is 214 g/mol. The number of hydrogen-bond acceptors (Lipinski definition) is 4. The average Bonchev–Trinajstić information content (AvgIpc) is 2.72. The molecule has 0 aliphatic carbocycles. The lowest BCUT2D eigenvalue weighted by atomic mass is 10.1. The standard InChI is InChI=1S/C12H13N5/c1-9-4-3-5-11(10(9)6-13)14-7-12-16-15-8-17(12)2/h3-5,8,14H,7H2,1-2H3. The van der Waals surface area contributed by atoms with Gasteiger partial charge in [-0.05, 0) is 18.6 Å². The SMILES string of the molecule is Cc1cccc(NCc2nncn2C)c1C#N. The molecule has 1 aromatic heterocycles. The number of anilines is 1. The van der Waals surface area contributed by atoms with Gasteiger partial charge in [0.05, 0.1) is 17.8 Å². The van der Waals surface area contributed by atoms with E-state index in [0.29, 0.717) is 12.1 Å². The molecule has 0 bridgehead atoms. The van der Waals surface area contributed by atoms with Crippen molar-refractivity contribution in [2.75, 3.05) is 5.32 Å². The van der Waals surface area contributed by atoms with Gasteiger partial charge in [-0.25, -0.2) is 0 Å². The first-order valence-corrected chi connectivity index (χ1v) is 5.29. The summed E-state index contributed by atoms with van der Waals surface area (Å²) in [6.45, 7) is 2.47. The normalized spacial score (nSPS) is 9.94. The van der Waals surface area contributed by atoms with Crippen LogP contribution in [0, 0.1) is 18.3 Å². The summed E-state index contributed by atoms with van der Waals surface area (Å²) in [6.07, 6.45) is 1.65. The van der Waals surface area contributed by atoms with Crippen molar-refractivity contribution in [3.8, 4) is 6.07 Å². The number of aryl methyl sites for hydroxylation is 2. The smallest absolute Gasteiger partial charge is 0.151 e. The van der Waals surface area contributed by atoms with Crippen molar-refractivity contribution in [2.24, 2.45) is 7.05 Å². The molecule has 17 heavy (non-hydrogen) atoms. The summed E-state index contributed by atoms with van der Waals surface area (Å²) >= 11 is 0. The molecule has 1 aromatic carbocycles. The summed E-state index contributed by atoms with van der Waals surface area (Å²) in [5, 5.41) is 20.1. The van der Waals surface area contributed by atoms with Gasteiger partial charge in [-0.1, -0.05) is 12.1 Å². The second kappa shape index (κ2) is 4.66. The Kier molecular flexibility index (Phi) is 3.06. The lowest BCUT2D eigenvalue weighted by Crippen LogP contribution is -2.07. The molecule has 0 spiro atoms. The van der Waals surface area contributed by atoms with Gasteiger partial charge >= 0.3 is 0 Å². The summed E-state index contributed by atoms with van der Waals surface area (Å²) < 4.78 is 1.84. The molecule has 0 atom stereocenters. The van der Waals surface area contributed by atoms with Crippen LogP contribution in [0.15, 0.2) is 24.5 Å². The number of nitriles is 1. The summed E-state index contributed by atoms with van der Waals surface area (Å²) in [5.41, 5.74) is 2.47. The highest BCUT2D eigenvalue weighted by atomic mass is 15.3. The molecule has 0 fully saturated rings. The first kappa shape index (κ1) is 11.1. The Bertz CT molecular complexity index is 565. The lowest BCUT2D eigenvalue weighted by molar-refractivity contribution is 0.812. The third kappa shape index (κ3) is 2.26. The summed E-state index contributed by atoms with van der Waals surface area (Å²) in [7, 11) is 1.89. The zero-order valence-electron chi connectivity index (χ0n) is 9.81. The molecular formula is C12H13N5. The molecule has 2 aromatic rings. The van der Waals surface area contributed by atoms with Crippen molar-refractivity contribution in [1.82, 2.24) is 14.8 Å². The van der Waals surface area contributed by atoms with Crippen molar-refractivity contribution in [3.63, 3.8) is 0 Å². The van der Waals surface area contributed by atoms with Gasteiger partial charge in [0.15, 0.2) is 5.82 Å². The largest absolute Gasteiger partial charge is 0.377 e. The van der Waals surface area contributed by atoms with E-state index in [-0.39, 0.29) is 0 Å². The topological polar surface area (TPSA) is 66.5 Å². The van der Waals surface area contributed by atoms with Crippen LogP contribution in [-0.4, -0.2) is 14.8 Å². The summed E-state index contributed by atoms with van der Waals surface area (Å²) in [6, 6.07) is 7.94. The van der Waals surface area contributed by atoms with Crippen molar-refractivity contribution in [1.29, 1.82) is 5.26 Å². The number of nitrogens with zero attached hydrogens (tertiary/aromatic N) is 4. The van der Waals surface area contributed by atoms with Crippen LogP contribution < -0.4 is 5.32 Å². The van der Waals surface area contributed by atoms with Crippen molar-refractivity contribution in [3.05, 3.63) is 41.5 Å². The van der Waals surface area contributed by atoms with Gasteiger partial charge in [-0.15, -0.1) is 10.2 Å². The van der Waals surface area contributed by atoms with E-state index in [1.165, 1.54) is 0 Å². The van der Waals surface area contributed by atoms with Crippen LogP contribution in [0.1, 0.15) is 17.0 Å². The van der Waals surface area contributed by atoms with Crippen molar-refractivity contribution < 1.29 is 0 Å². The maximum Gasteiger partial charge on any atom is 0.151 e. The minimum Gasteiger partial charge on any atom is -0.377 e. The molecule has 0 saturated heterocycles. The maximum absolute atomic E-state index is 9.09. The molecule has 2 rings (SSSR count). The van der Waals surface area contributed by atoms with Crippen LogP contribution in [0.2, 0.25) is 0 Å². The Balaban J connectivity index is 2.18. The van der Waals surface area contributed by atoms with E-state index in [0.717, 1.165) is 17.1 Å². The fourth-order valence-corrected chi connectivity index (χ4v) is 1.60. The third-order valence-electron chi connectivity index (χ3n) is 2.63. The summed E-state index contributed by atoms with van der Waals surface area (Å²) in [5.74, 6) is 0.829. The monoisotopic (exact) mass is 227 g/mol. The van der Waals surface area contributed by atoms with Crippen LogP contribution in [-0.2, 0) is 13.6 Å². The fraction of sp³-hybridized carbons (Fsp3) is 0.250. The molecule has 1 N–H and O–H groups in total. The van der Waals surface area contributed by atoms with Gasteiger partial charge in [0.1, 0.15) is 12.4 Å². The molecule has 86 valence electrons. The van der Waals surface area contributed by atoms with Crippen LogP contribution >= 0.6 is 0 Å². The molecule has 0 amide bonds. The van der Waals surface area contributed by atoms with Crippen LogP contribution in [0.5, 0.6) is 0 Å². The van der Waals surface area contributed by atoms with E-state index in [2.05, 4.69) is 21.6 Å². The molecule has 0 saturated carbocycles. The minimum absolute atomic E-state index is 0.550. The van der Waals surface area contributed by atoms with Crippen molar-refractivity contribution in [2.45, 2.75) is 13.5 Å². The van der Waals surface area contributed by atoms with E-state index in [1.807, 2.05) is 36.7 Å². The van der Waals surface area contributed by atoms with E-state index in [9.17, 15) is 0 Å². The van der Waals surface area contributed by atoms with Crippen LogP contribution in [0.3, 0.4) is 0 Å². The Morgan fingerprint density at radius 1 is 1.47 bits per heavy atom. The van der Waals surface area contributed by atoms with Gasteiger partial charge in [0.25, 0.3) is 0 Å². The minimum atomic E-state index is 0.550. The van der Waals surface area contributed by atoms with Gasteiger partial charge in [-0.3, -0.25) is 0 Å². The molecule has 5 heteroatoms. The van der Waals surface area contributed by atoms with E-state index in [1.54, 1.807) is 6.33 Å². The van der Waals surface area contributed by atoms with Crippen LogP contribution in [0.4, 0.5) is 5.69 Å². The molecule has 0 unspecified atom stereocenters. The third-order valence-corrected chi connectivity index (χ3v) is 2.63. The highest BCUT2D eigenvalue weighted by Crippen LogP contribution is 2.18. The van der Waals surface area contributed by atoms with Gasteiger partial charge < -0.3 is 9.88 Å². The Morgan fingerprint density at radius 3 is 2.94 bits per heavy atom. The first-order chi connectivity index (χ1) is 8.22. The maximum atomic E-state index is 9.09. The fourth-order valence-electron chi connectivity index (χ4n) is 1.60. The highest BCUT2D eigenvalue weighted by molar-refractivity contribution is 5.60. The van der Waals surface area contributed by atoms with Crippen LogP contribution in [0.25, 0.3) is 0 Å². The summed E-state index contributed by atoms with van der Waals surface area (Å²) in [4.78, 5) is 0. The molecule has 0 aliphatic rings.